The number of carbonyl (C=O) groups is 4. The maximum atomic E-state index is 13.3. The maximum Gasteiger partial charge on any atom is 0.335 e. The van der Waals surface area contributed by atoms with Crippen molar-refractivity contribution in [1.29, 1.82) is 0 Å². The molecule has 41 heavy (non-hydrogen) atoms. The topological polar surface area (TPSA) is 123 Å². The van der Waals surface area contributed by atoms with E-state index in [4.69, 9.17) is 37.4 Å². The molecular formula is C29H25Cl2N3O7. The van der Waals surface area contributed by atoms with Crippen molar-refractivity contribution in [2.75, 3.05) is 30.5 Å². The zero-order chi connectivity index (χ0) is 29.7. The van der Waals surface area contributed by atoms with Crippen LogP contribution in [0.3, 0.4) is 0 Å². The van der Waals surface area contributed by atoms with Crippen molar-refractivity contribution in [2.24, 2.45) is 0 Å². The molecule has 212 valence electrons. The van der Waals surface area contributed by atoms with Crippen LogP contribution >= 0.6 is 23.2 Å². The van der Waals surface area contributed by atoms with Crippen LogP contribution in [0.2, 0.25) is 10.0 Å². The third kappa shape index (κ3) is 6.62. The van der Waals surface area contributed by atoms with Gasteiger partial charge in [0.15, 0.2) is 18.1 Å². The van der Waals surface area contributed by atoms with E-state index < -0.39 is 30.4 Å². The molecule has 3 aromatic carbocycles. The Labute approximate surface area is 245 Å². The smallest absolute Gasteiger partial charge is 0.335 e. The summed E-state index contributed by atoms with van der Waals surface area (Å²) in [6.07, 6.45) is 1.28. The summed E-state index contributed by atoms with van der Waals surface area (Å²) in [5.74, 6) is -1.43. The van der Waals surface area contributed by atoms with E-state index in [0.717, 1.165) is 4.90 Å². The van der Waals surface area contributed by atoms with Crippen molar-refractivity contribution >= 4 is 64.4 Å². The number of hydrogen-bond donors (Lipinski definition) is 2. The van der Waals surface area contributed by atoms with Crippen LogP contribution < -0.4 is 29.7 Å². The normalized spacial score (nSPS) is 14.1. The fraction of sp³-hybridized carbons (Fsp3) is 0.172. The zero-order valence-corrected chi connectivity index (χ0v) is 23.8. The van der Waals surface area contributed by atoms with Crippen molar-refractivity contribution < 1.29 is 33.4 Å². The molecule has 0 spiro atoms. The molecule has 0 bridgehead atoms. The number of benzene rings is 3. The van der Waals surface area contributed by atoms with E-state index in [1.165, 1.54) is 31.4 Å². The highest BCUT2D eigenvalue weighted by Gasteiger charge is 2.37. The molecule has 2 N–H and O–H groups in total. The summed E-state index contributed by atoms with van der Waals surface area (Å²) in [6, 6.07) is 13.7. The highest BCUT2D eigenvalue weighted by atomic mass is 35.5. The van der Waals surface area contributed by atoms with Gasteiger partial charge in [-0.25, -0.2) is 9.69 Å². The van der Waals surface area contributed by atoms with Crippen LogP contribution in [0.25, 0.3) is 6.08 Å². The molecule has 12 heteroatoms. The van der Waals surface area contributed by atoms with Crippen molar-refractivity contribution in [3.05, 3.63) is 81.3 Å². The third-order valence-electron chi connectivity index (χ3n) is 5.89. The predicted octanol–water partition coefficient (Wildman–Crippen LogP) is 5.39. The number of anilines is 2. The Balaban J connectivity index is 1.60. The van der Waals surface area contributed by atoms with Crippen molar-refractivity contribution in [3.8, 4) is 17.2 Å². The molecule has 1 saturated heterocycles. The van der Waals surface area contributed by atoms with E-state index in [2.05, 4.69) is 10.6 Å². The summed E-state index contributed by atoms with van der Waals surface area (Å²) in [5, 5.41) is 5.26. The average molecular weight is 598 g/mol. The number of nitrogens with zero attached hydrogens (tertiary/aromatic N) is 1. The largest absolute Gasteiger partial charge is 0.495 e. The van der Waals surface area contributed by atoms with Gasteiger partial charge >= 0.3 is 6.03 Å². The SMILES string of the molecule is CCOc1cc(/C=C2\C(=O)NC(=O)N(c3cc(Cl)ccc3C)C2=O)cc(Cl)c1OCC(=O)Nc1ccccc1OC. The van der Waals surface area contributed by atoms with Gasteiger partial charge in [0.25, 0.3) is 17.7 Å². The fourth-order valence-electron chi connectivity index (χ4n) is 4.01. The summed E-state index contributed by atoms with van der Waals surface area (Å²) in [7, 11) is 1.49. The molecule has 0 saturated carbocycles. The molecule has 4 rings (SSSR count). The van der Waals surface area contributed by atoms with E-state index in [-0.39, 0.29) is 34.4 Å². The van der Waals surface area contributed by atoms with E-state index in [1.54, 1.807) is 50.2 Å². The molecule has 1 heterocycles. The summed E-state index contributed by atoms with van der Waals surface area (Å²) in [4.78, 5) is 52.0. The van der Waals surface area contributed by atoms with Gasteiger partial charge in [-0.1, -0.05) is 41.4 Å². The van der Waals surface area contributed by atoms with Gasteiger partial charge in [0.1, 0.15) is 11.3 Å². The first kappa shape index (κ1) is 29.4. The minimum atomic E-state index is -0.897. The molecule has 1 fully saturated rings. The van der Waals surface area contributed by atoms with E-state index in [0.29, 0.717) is 27.6 Å². The Morgan fingerprint density at radius 2 is 1.78 bits per heavy atom. The quantitative estimate of drug-likeness (QED) is 0.250. The van der Waals surface area contributed by atoms with Gasteiger partial charge in [0.2, 0.25) is 0 Å². The number of amides is 5. The Morgan fingerprint density at radius 1 is 1.02 bits per heavy atom. The summed E-state index contributed by atoms with van der Waals surface area (Å²) in [6.45, 7) is 3.28. The van der Waals surface area contributed by atoms with Crippen molar-refractivity contribution in [1.82, 2.24) is 5.32 Å². The number of urea groups is 1. The minimum Gasteiger partial charge on any atom is -0.495 e. The Kier molecular flexibility index (Phi) is 9.16. The molecule has 0 radical (unpaired) electrons. The number of ether oxygens (including phenoxy) is 3. The lowest BCUT2D eigenvalue weighted by Gasteiger charge is -2.27. The lowest BCUT2D eigenvalue weighted by atomic mass is 10.1. The van der Waals surface area contributed by atoms with Gasteiger partial charge in [-0.2, -0.15) is 0 Å². The number of para-hydroxylation sites is 2. The standard InChI is InChI=1S/C29H25Cl2N3O7/c1-4-40-24-13-17(12-20(31)26(24)41-15-25(35)32-21-7-5-6-8-23(21)39-3)11-19-27(36)33-29(38)34(28(19)37)22-14-18(30)10-9-16(22)2/h5-14H,4,15H2,1-3H3,(H,32,35)(H,33,36,38)/b19-11+. The average Bonchev–Trinajstić information content (AvgIpc) is 2.93. The summed E-state index contributed by atoms with van der Waals surface area (Å²) < 4.78 is 16.6. The Bertz CT molecular complexity index is 1570. The van der Waals surface area contributed by atoms with Crippen LogP contribution in [-0.4, -0.2) is 44.1 Å². The maximum absolute atomic E-state index is 13.3. The second-order valence-electron chi connectivity index (χ2n) is 8.69. The number of nitrogens with one attached hydrogen (secondary N) is 2. The second kappa shape index (κ2) is 12.8. The number of imide groups is 2. The van der Waals surface area contributed by atoms with Gasteiger partial charge in [0.05, 0.1) is 30.1 Å². The van der Waals surface area contributed by atoms with Crippen LogP contribution in [0.1, 0.15) is 18.1 Å². The van der Waals surface area contributed by atoms with E-state index >= 15 is 0 Å². The highest BCUT2D eigenvalue weighted by molar-refractivity contribution is 6.40. The molecule has 10 nitrogen and oxygen atoms in total. The van der Waals surface area contributed by atoms with Crippen molar-refractivity contribution in [2.45, 2.75) is 13.8 Å². The van der Waals surface area contributed by atoms with Gasteiger partial charge in [-0.05, 0) is 67.4 Å². The highest BCUT2D eigenvalue weighted by Crippen LogP contribution is 2.38. The summed E-state index contributed by atoms with van der Waals surface area (Å²) >= 11 is 12.6. The third-order valence-corrected chi connectivity index (χ3v) is 6.40. The fourth-order valence-corrected chi connectivity index (χ4v) is 4.45. The van der Waals surface area contributed by atoms with Crippen LogP contribution in [0.4, 0.5) is 16.2 Å². The van der Waals surface area contributed by atoms with Crippen LogP contribution in [0.15, 0.2) is 60.2 Å². The number of carbonyl (C=O) groups excluding carboxylic acids is 4. The van der Waals surface area contributed by atoms with Gasteiger partial charge in [-0.3, -0.25) is 19.7 Å². The lowest BCUT2D eigenvalue weighted by molar-refractivity contribution is -0.122. The molecule has 0 aliphatic carbocycles. The first-order valence-electron chi connectivity index (χ1n) is 12.3. The number of rotatable bonds is 9. The first-order valence-corrected chi connectivity index (χ1v) is 13.1. The van der Waals surface area contributed by atoms with Crippen molar-refractivity contribution in [3.63, 3.8) is 0 Å². The second-order valence-corrected chi connectivity index (χ2v) is 9.53. The van der Waals surface area contributed by atoms with E-state index in [1.807, 2.05) is 0 Å². The number of methoxy groups -OCH3 is 1. The molecule has 3 aromatic rings. The number of barbiturate groups is 1. The van der Waals surface area contributed by atoms with Gasteiger partial charge in [0, 0.05) is 5.02 Å². The van der Waals surface area contributed by atoms with Crippen LogP contribution in [0, 0.1) is 6.92 Å². The van der Waals surface area contributed by atoms with Crippen LogP contribution in [-0.2, 0) is 14.4 Å². The minimum absolute atomic E-state index is 0.0650. The van der Waals surface area contributed by atoms with Crippen LogP contribution in [0.5, 0.6) is 17.2 Å². The molecular weight excluding hydrogens is 573 g/mol. The molecule has 0 aromatic heterocycles. The molecule has 0 unspecified atom stereocenters. The lowest BCUT2D eigenvalue weighted by Crippen LogP contribution is -2.54. The molecule has 1 aliphatic heterocycles. The number of aryl methyl sites for hydroxylation is 1. The molecule has 0 atom stereocenters. The first-order chi connectivity index (χ1) is 19.6. The molecule has 5 amide bonds. The summed E-state index contributed by atoms with van der Waals surface area (Å²) in [5.41, 5.74) is 1.32. The van der Waals surface area contributed by atoms with E-state index in [9.17, 15) is 19.2 Å². The Hall–Kier alpha value is -4.54. The Morgan fingerprint density at radius 3 is 2.51 bits per heavy atom. The monoisotopic (exact) mass is 597 g/mol. The number of halogens is 2. The number of hydrogen-bond acceptors (Lipinski definition) is 7. The predicted molar refractivity (Wildman–Crippen MR) is 155 cm³/mol. The molecule has 1 aliphatic rings. The van der Waals surface area contributed by atoms with Gasteiger partial charge in [-0.15, -0.1) is 0 Å². The van der Waals surface area contributed by atoms with Gasteiger partial charge < -0.3 is 19.5 Å². The zero-order valence-electron chi connectivity index (χ0n) is 22.2.